The molecule has 1 aliphatic carbocycles. The van der Waals surface area contributed by atoms with E-state index in [0.717, 1.165) is 12.0 Å². The number of nitrogens with one attached hydrogen (secondary N) is 1. The van der Waals surface area contributed by atoms with E-state index in [2.05, 4.69) is 22.4 Å². The highest BCUT2D eigenvalue weighted by Crippen LogP contribution is 2.37. The van der Waals surface area contributed by atoms with Crippen LogP contribution < -0.4 is 5.32 Å². The molecule has 20 heavy (non-hydrogen) atoms. The molecule has 1 fully saturated rings. The van der Waals surface area contributed by atoms with Crippen LogP contribution in [0.25, 0.3) is 11.4 Å². The highest BCUT2D eigenvalue weighted by Gasteiger charge is 2.38. The topological polar surface area (TPSA) is 68.0 Å². The number of aromatic nitrogens is 2. The molecule has 1 aromatic carbocycles. The fraction of sp³-hybridized carbons (Fsp3) is 0.357. The van der Waals surface area contributed by atoms with Crippen LogP contribution in [0.1, 0.15) is 19.2 Å². The zero-order valence-corrected chi connectivity index (χ0v) is 11.7. The van der Waals surface area contributed by atoms with Crippen LogP contribution in [0.3, 0.4) is 0 Å². The summed E-state index contributed by atoms with van der Waals surface area (Å²) >= 11 is 5.92. The van der Waals surface area contributed by atoms with Gasteiger partial charge in [-0.2, -0.15) is 4.98 Å². The molecule has 1 amide bonds. The molecule has 2 unspecified atom stereocenters. The number of carbonyl (C=O) groups is 1. The van der Waals surface area contributed by atoms with Crippen molar-refractivity contribution in [1.29, 1.82) is 0 Å². The number of rotatable bonds is 4. The van der Waals surface area contributed by atoms with Crippen molar-refractivity contribution in [2.24, 2.45) is 11.8 Å². The summed E-state index contributed by atoms with van der Waals surface area (Å²) in [5.74, 6) is 1.54. The molecule has 2 atom stereocenters. The normalized spacial score (nSPS) is 20.7. The quantitative estimate of drug-likeness (QED) is 0.940. The van der Waals surface area contributed by atoms with Gasteiger partial charge in [0.15, 0.2) is 0 Å². The Bertz CT molecular complexity index is 641. The van der Waals surface area contributed by atoms with Gasteiger partial charge >= 0.3 is 0 Å². The van der Waals surface area contributed by atoms with Crippen LogP contribution in [0.15, 0.2) is 28.8 Å². The highest BCUT2D eigenvalue weighted by molar-refractivity contribution is 6.30. The van der Waals surface area contributed by atoms with Crippen molar-refractivity contribution in [3.63, 3.8) is 0 Å². The average Bonchev–Trinajstić information content (AvgIpc) is 2.99. The predicted molar refractivity (Wildman–Crippen MR) is 73.9 cm³/mol. The predicted octanol–water partition coefficient (Wildman–Crippen LogP) is 2.66. The van der Waals surface area contributed by atoms with Gasteiger partial charge in [-0.1, -0.05) is 35.8 Å². The third kappa shape index (κ3) is 2.82. The van der Waals surface area contributed by atoms with E-state index in [-0.39, 0.29) is 18.4 Å². The molecule has 1 heterocycles. The lowest BCUT2D eigenvalue weighted by atomic mass is 10.2. The lowest BCUT2D eigenvalue weighted by Gasteiger charge is -1.99. The van der Waals surface area contributed by atoms with Crippen molar-refractivity contribution < 1.29 is 9.32 Å². The van der Waals surface area contributed by atoms with Gasteiger partial charge in [-0.15, -0.1) is 0 Å². The second-order valence-corrected chi connectivity index (χ2v) is 5.50. The number of halogens is 1. The number of amides is 1. The summed E-state index contributed by atoms with van der Waals surface area (Å²) in [4.78, 5) is 15.9. The summed E-state index contributed by atoms with van der Waals surface area (Å²) in [6.45, 7) is 2.32. The van der Waals surface area contributed by atoms with Crippen molar-refractivity contribution in [3.05, 3.63) is 35.2 Å². The maximum absolute atomic E-state index is 11.7. The first-order valence-corrected chi connectivity index (χ1v) is 6.87. The van der Waals surface area contributed by atoms with E-state index in [4.69, 9.17) is 16.1 Å². The molecule has 2 aromatic rings. The van der Waals surface area contributed by atoms with Crippen LogP contribution in [-0.4, -0.2) is 16.0 Å². The van der Waals surface area contributed by atoms with E-state index in [9.17, 15) is 4.79 Å². The summed E-state index contributed by atoms with van der Waals surface area (Å²) in [6, 6.07) is 7.22. The third-order valence-electron chi connectivity index (χ3n) is 3.41. The fourth-order valence-corrected chi connectivity index (χ4v) is 2.24. The largest absolute Gasteiger partial charge is 0.347 e. The minimum Gasteiger partial charge on any atom is -0.347 e. The Labute approximate surface area is 121 Å². The summed E-state index contributed by atoms with van der Waals surface area (Å²) in [6.07, 6.45) is 0.962. The molecule has 5 nitrogen and oxygen atoms in total. The molecule has 0 radical (unpaired) electrons. The number of benzene rings is 1. The molecular weight excluding hydrogens is 278 g/mol. The van der Waals surface area contributed by atoms with E-state index in [1.807, 2.05) is 12.1 Å². The monoisotopic (exact) mass is 291 g/mol. The lowest BCUT2D eigenvalue weighted by molar-refractivity contribution is -0.122. The average molecular weight is 292 g/mol. The minimum absolute atomic E-state index is 0.0556. The zero-order valence-electron chi connectivity index (χ0n) is 11.0. The van der Waals surface area contributed by atoms with Gasteiger partial charge in [0.2, 0.25) is 17.6 Å². The van der Waals surface area contributed by atoms with Crippen molar-refractivity contribution in [2.75, 3.05) is 0 Å². The first-order chi connectivity index (χ1) is 9.63. The van der Waals surface area contributed by atoms with Crippen molar-refractivity contribution >= 4 is 17.5 Å². The van der Waals surface area contributed by atoms with Crippen molar-refractivity contribution in [1.82, 2.24) is 15.5 Å². The maximum atomic E-state index is 11.7. The molecule has 104 valence electrons. The van der Waals surface area contributed by atoms with E-state index >= 15 is 0 Å². The van der Waals surface area contributed by atoms with Gasteiger partial charge in [-0.05, 0) is 24.5 Å². The molecular formula is C14H14ClN3O2. The van der Waals surface area contributed by atoms with Gasteiger partial charge in [0, 0.05) is 16.5 Å². The molecule has 1 saturated carbocycles. The Morgan fingerprint density at radius 2 is 2.35 bits per heavy atom. The second-order valence-electron chi connectivity index (χ2n) is 5.06. The molecule has 6 heteroatoms. The van der Waals surface area contributed by atoms with Gasteiger partial charge < -0.3 is 9.84 Å². The fourth-order valence-electron chi connectivity index (χ4n) is 2.05. The lowest BCUT2D eigenvalue weighted by Crippen LogP contribution is -2.24. The van der Waals surface area contributed by atoms with Crippen molar-refractivity contribution in [2.45, 2.75) is 19.9 Å². The first-order valence-electron chi connectivity index (χ1n) is 6.49. The minimum atomic E-state index is 0.0556. The van der Waals surface area contributed by atoms with Crippen LogP contribution in [-0.2, 0) is 11.3 Å². The molecule has 0 saturated heterocycles. The van der Waals surface area contributed by atoms with Crippen LogP contribution in [0.5, 0.6) is 0 Å². The molecule has 0 bridgehead atoms. The number of nitrogens with zero attached hydrogens (tertiary/aromatic N) is 2. The Hall–Kier alpha value is -1.88. The van der Waals surface area contributed by atoms with Crippen LogP contribution in [0.4, 0.5) is 0 Å². The molecule has 1 N–H and O–H groups in total. The Morgan fingerprint density at radius 3 is 3.05 bits per heavy atom. The maximum Gasteiger partial charge on any atom is 0.246 e. The summed E-state index contributed by atoms with van der Waals surface area (Å²) in [7, 11) is 0. The van der Waals surface area contributed by atoms with E-state index < -0.39 is 0 Å². The molecule has 3 rings (SSSR count). The third-order valence-corrected chi connectivity index (χ3v) is 3.65. The summed E-state index contributed by atoms with van der Waals surface area (Å²) < 4.78 is 5.12. The van der Waals surface area contributed by atoms with E-state index in [1.54, 1.807) is 12.1 Å². The van der Waals surface area contributed by atoms with Gasteiger partial charge in [0.05, 0.1) is 6.54 Å². The zero-order chi connectivity index (χ0) is 14.1. The molecule has 1 aromatic heterocycles. The van der Waals surface area contributed by atoms with Crippen LogP contribution >= 0.6 is 11.6 Å². The molecule has 0 spiro atoms. The van der Waals surface area contributed by atoms with Gasteiger partial charge in [-0.3, -0.25) is 4.79 Å². The summed E-state index contributed by atoms with van der Waals surface area (Å²) in [5, 5.41) is 7.31. The van der Waals surface area contributed by atoms with Crippen LogP contribution in [0.2, 0.25) is 5.02 Å². The van der Waals surface area contributed by atoms with E-state index in [0.29, 0.717) is 22.7 Å². The number of hydrogen-bond donors (Lipinski definition) is 1. The standard InChI is InChI=1S/C14H14ClN3O2/c1-8-5-11(8)14(19)16-7-12-17-13(18-20-12)9-3-2-4-10(15)6-9/h2-4,6,8,11H,5,7H2,1H3,(H,16,19). The summed E-state index contributed by atoms with van der Waals surface area (Å²) in [5.41, 5.74) is 0.787. The Balaban J connectivity index is 1.63. The van der Waals surface area contributed by atoms with Gasteiger partial charge in [0.1, 0.15) is 0 Å². The van der Waals surface area contributed by atoms with Gasteiger partial charge in [0.25, 0.3) is 0 Å². The molecule has 0 aliphatic heterocycles. The Morgan fingerprint density at radius 1 is 1.55 bits per heavy atom. The van der Waals surface area contributed by atoms with Gasteiger partial charge in [-0.25, -0.2) is 0 Å². The second kappa shape index (κ2) is 5.25. The van der Waals surface area contributed by atoms with Crippen LogP contribution in [0, 0.1) is 11.8 Å². The SMILES string of the molecule is CC1CC1C(=O)NCc1nc(-c2cccc(Cl)c2)no1. The van der Waals surface area contributed by atoms with E-state index in [1.165, 1.54) is 0 Å². The molecule has 1 aliphatic rings. The first kappa shape index (κ1) is 13.1. The number of hydrogen-bond acceptors (Lipinski definition) is 4. The smallest absolute Gasteiger partial charge is 0.246 e. The highest BCUT2D eigenvalue weighted by atomic mass is 35.5. The Kier molecular flexibility index (Phi) is 3.44. The number of carbonyl (C=O) groups excluding carboxylic acids is 1. The van der Waals surface area contributed by atoms with Crippen molar-refractivity contribution in [3.8, 4) is 11.4 Å².